The second-order valence-corrected chi connectivity index (χ2v) is 6.28. The summed E-state index contributed by atoms with van der Waals surface area (Å²) in [5.41, 5.74) is 1.67. The monoisotopic (exact) mass is 338 g/mol. The molecule has 1 aliphatic heterocycles. The van der Waals surface area contributed by atoms with Gasteiger partial charge in [-0.15, -0.1) is 0 Å². The fourth-order valence-corrected chi connectivity index (χ4v) is 3.24. The number of rotatable bonds is 4. The fraction of sp³-hybridized carbons (Fsp3) is 0.263. The molecule has 0 radical (unpaired) electrons. The normalized spacial score (nSPS) is 22.3. The summed E-state index contributed by atoms with van der Waals surface area (Å²) in [6.45, 7) is 1.85. The number of ether oxygens (including phenoxy) is 1. The third-order valence-electron chi connectivity index (χ3n) is 4.60. The van der Waals surface area contributed by atoms with E-state index in [4.69, 9.17) is 9.73 Å². The number of methoxy groups -OCH3 is 1. The Kier molecular flexibility index (Phi) is 4.35. The van der Waals surface area contributed by atoms with Crippen molar-refractivity contribution in [2.45, 2.75) is 19.4 Å². The maximum atomic E-state index is 12.5. The van der Waals surface area contributed by atoms with Crippen molar-refractivity contribution in [1.82, 2.24) is 0 Å². The first kappa shape index (κ1) is 16.8. The van der Waals surface area contributed by atoms with Gasteiger partial charge in [-0.25, -0.2) is 0 Å². The number of nitro benzene ring substituents is 1. The minimum atomic E-state index is -0.812. The SMILES string of the molecule is COC(=O)[C@@]1(C)CC(c2ccc([N+](=O)[O-])cc2)=N[C@@H]1c1ccccc1. The van der Waals surface area contributed by atoms with Crippen molar-refractivity contribution in [3.63, 3.8) is 0 Å². The van der Waals surface area contributed by atoms with Crippen molar-refractivity contribution in [3.05, 3.63) is 75.8 Å². The maximum absolute atomic E-state index is 12.5. The number of carbonyl (C=O) groups excluding carboxylic acids is 1. The van der Waals surface area contributed by atoms with Crippen LogP contribution in [0.1, 0.15) is 30.5 Å². The summed E-state index contributed by atoms with van der Waals surface area (Å²) in [6, 6.07) is 15.5. The average molecular weight is 338 g/mol. The largest absolute Gasteiger partial charge is 0.469 e. The van der Waals surface area contributed by atoms with E-state index < -0.39 is 10.3 Å². The second kappa shape index (κ2) is 6.47. The van der Waals surface area contributed by atoms with E-state index in [1.807, 2.05) is 37.3 Å². The number of hydrogen-bond acceptors (Lipinski definition) is 5. The zero-order valence-electron chi connectivity index (χ0n) is 14.0. The Morgan fingerprint density at radius 1 is 1.20 bits per heavy atom. The van der Waals surface area contributed by atoms with Crippen molar-refractivity contribution in [1.29, 1.82) is 0 Å². The molecule has 0 N–H and O–H groups in total. The van der Waals surface area contributed by atoms with Crippen molar-refractivity contribution in [3.8, 4) is 0 Å². The Morgan fingerprint density at radius 2 is 1.84 bits per heavy atom. The Morgan fingerprint density at radius 3 is 2.40 bits per heavy atom. The molecule has 0 spiro atoms. The standard InChI is InChI=1S/C19H18N2O4/c1-19(18(22)25-2)12-16(13-8-10-15(11-9-13)21(23)24)20-17(19)14-6-4-3-5-7-14/h3-11,17H,12H2,1-2H3/t17-,19+/m1/s1. The fourth-order valence-electron chi connectivity index (χ4n) is 3.24. The molecule has 1 aliphatic rings. The number of nitro groups is 1. The first-order valence-electron chi connectivity index (χ1n) is 7.90. The van der Waals surface area contributed by atoms with Gasteiger partial charge >= 0.3 is 5.97 Å². The van der Waals surface area contributed by atoms with Gasteiger partial charge in [-0.05, 0) is 30.2 Å². The number of esters is 1. The molecule has 6 nitrogen and oxygen atoms in total. The van der Waals surface area contributed by atoms with Gasteiger partial charge in [0.15, 0.2) is 0 Å². The van der Waals surface area contributed by atoms with E-state index in [2.05, 4.69) is 0 Å². The Balaban J connectivity index is 2.01. The van der Waals surface area contributed by atoms with Crippen LogP contribution in [0.2, 0.25) is 0 Å². The predicted molar refractivity (Wildman–Crippen MR) is 93.6 cm³/mol. The third kappa shape index (κ3) is 3.03. The Bertz CT molecular complexity index is 830. The van der Waals surface area contributed by atoms with Crippen LogP contribution in [-0.2, 0) is 9.53 Å². The van der Waals surface area contributed by atoms with E-state index in [-0.39, 0.29) is 17.7 Å². The summed E-state index contributed by atoms with van der Waals surface area (Å²) in [7, 11) is 1.37. The first-order valence-corrected chi connectivity index (χ1v) is 7.90. The van der Waals surface area contributed by atoms with Gasteiger partial charge in [-0.1, -0.05) is 30.3 Å². The minimum absolute atomic E-state index is 0.0256. The van der Waals surface area contributed by atoms with Gasteiger partial charge in [0, 0.05) is 24.3 Å². The van der Waals surface area contributed by atoms with Crippen molar-refractivity contribution in [2.24, 2.45) is 10.4 Å². The van der Waals surface area contributed by atoms with Crippen LogP contribution in [0.3, 0.4) is 0 Å². The molecule has 6 heteroatoms. The van der Waals surface area contributed by atoms with Crippen LogP contribution in [0.4, 0.5) is 5.69 Å². The van der Waals surface area contributed by atoms with Gasteiger partial charge in [-0.3, -0.25) is 19.9 Å². The van der Waals surface area contributed by atoms with Gasteiger partial charge in [-0.2, -0.15) is 0 Å². The molecule has 25 heavy (non-hydrogen) atoms. The average Bonchev–Trinajstić information content (AvgIpc) is 3.00. The summed E-state index contributed by atoms with van der Waals surface area (Å²) in [4.78, 5) is 27.6. The number of hydrogen-bond donors (Lipinski definition) is 0. The molecule has 2 aromatic carbocycles. The van der Waals surface area contributed by atoms with Crippen LogP contribution in [0.5, 0.6) is 0 Å². The van der Waals surface area contributed by atoms with Gasteiger partial charge in [0.1, 0.15) is 0 Å². The van der Waals surface area contributed by atoms with Gasteiger partial charge in [0.2, 0.25) is 0 Å². The van der Waals surface area contributed by atoms with Crippen molar-refractivity contribution in [2.75, 3.05) is 7.11 Å². The molecular formula is C19H18N2O4. The lowest BCUT2D eigenvalue weighted by molar-refractivity contribution is -0.384. The first-order chi connectivity index (χ1) is 12.0. The topological polar surface area (TPSA) is 81.8 Å². The zero-order chi connectivity index (χ0) is 18.0. The number of benzene rings is 2. The van der Waals surface area contributed by atoms with Gasteiger partial charge < -0.3 is 4.74 Å². The third-order valence-corrected chi connectivity index (χ3v) is 4.60. The van der Waals surface area contributed by atoms with Crippen LogP contribution < -0.4 is 0 Å². The lowest BCUT2D eigenvalue weighted by atomic mass is 9.77. The maximum Gasteiger partial charge on any atom is 0.314 e. The molecule has 0 saturated heterocycles. The molecule has 1 heterocycles. The lowest BCUT2D eigenvalue weighted by Gasteiger charge is -2.27. The molecule has 128 valence electrons. The van der Waals surface area contributed by atoms with E-state index in [0.717, 1.165) is 16.8 Å². The highest BCUT2D eigenvalue weighted by Gasteiger charge is 2.48. The number of aliphatic imine (C=N–C) groups is 1. The van der Waals surface area contributed by atoms with Crippen LogP contribution >= 0.6 is 0 Å². The molecule has 0 bridgehead atoms. The minimum Gasteiger partial charge on any atom is -0.469 e. The van der Waals surface area contributed by atoms with Gasteiger partial charge in [0.05, 0.1) is 23.5 Å². The molecule has 0 saturated carbocycles. The van der Waals surface area contributed by atoms with Crippen LogP contribution in [0.15, 0.2) is 59.6 Å². The Labute approximate surface area is 145 Å². The van der Waals surface area contributed by atoms with E-state index in [1.165, 1.54) is 19.2 Å². The molecular weight excluding hydrogens is 320 g/mol. The van der Waals surface area contributed by atoms with Crippen molar-refractivity contribution < 1.29 is 14.5 Å². The van der Waals surface area contributed by atoms with E-state index in [9.17, 15) is 14.9 Å². The van der Waals surface area contributed by atoms with Crippen molar-refractivity contribution >= 4 is 17.4 Å². The number of carbonyl (C=O) groups is 1. The summed E-state index contributed by atoms with van der Waals surface area (Å²) >= 11 is 0. The highest BCUT2D eigenvalue weighted by Crippen LogP contribution is 2.47. The summed E-state index contributed by atoms with van der Waals surface area (Å²) in [5.74, 6) is -0.318. The number of nitrogens with zero attached hydrogens (tertiary/aromatic N) is 2. The van der Waals surface area contributed by atoms with E-state index in [0.29, 0.717) is 6.42 Å². The quantitative estimate of drug-likeness (QED) is 0.483. The van der Waals surface area contributed by atoms with Crippen LogP contribution in [-0.4, -0.2) is 23.7 Å². The van der Waals surface area contributed by atoms with Crippen LogP contribution in [0.25, 0.3) is 0 Å². The van der Waals surface area contributed by atoms with Gasteiger partial charge in [0.25, 0.3) is 5.69 Å². The lowest BCUT2D eigenvalue weighted by Crippen LogP contribution is -2.32. The highest BCUT2D eigenvalue weighted by molar-refractivity contribution is 6.05. The smallest absolute Gasteiger partial charge is 0.314 e. The molecule has 0 amide bonds. The zero-order valence-corrected chi connectivity index (χ0v) is 14.0. The molecule has 0 aliphatic carbocycles. The molecule has 2 aromatic rings. The van der Waals surface area contributed by atoms with E-state index >= 15 is 0 Å². The molecule has 0 fully saturated rings. The molecule has 0 aromatic heterocycles. The number of non-ortho nitro benzene ring substituents is 1. The molecule has 3 rings (SSSR count). The molecule has 0 unspecified atom stereocenters. The summed E-state index contributed by atoms with van der Waals surface area (Å²) in [5, 5.41) is 10.8. The summed E-state index contributed by atoms with van der Waals surface area (Å²) in [6.07, 6.45) is 0.414. The predicted octanol–water partition coefficient (Wildman–Crippen LogP) is 3.71. The highest BCUT2D eigenvalue weighted by atomic mass is 16.6. The van der Waals surface area contributed by atoms with Crippen LogP contribution in [0, 0.1) is 15.5 Å². The molecule has 2 atom stereocenters. The Hall–Kier alpha value is -3.02. The summed E-state index contributed by atoms with van der Waals surface area (Å²) < 4.78 is 5.02. The van der Waals surface area contributed by atoms with E-state index in [1.54, 1.807) is 12.1 Å². The second-order valence-electron chi connectivity index (χ2n) is 6.28.